The summed E-state index contributed by atoms with van der Waals surface area (Å²) in [7, 11) is 0. The van der Waals surface area contributed by atoms with Crippen LogP contribution in [-0.4, -0.2) is 0 Å². The quantitative estimate of drug-likeness (QED) is 0.0967. The van der Waals surface area contributed by atoms with Crippen LogP contribution >= 0.6 is 0 Å². The summed E-state index contributed by atoms with van der Waals surface area (Å²) >= 11 is 0. The van der Waals surface area contributed by atoms with Gasteiger partial charge in [-0.05, 0) is 25.7 Å². The average Bonchev–Trinajstić information content (AvgIpc) is 2.76. The van der Waals surface area contributed by atoms with Gasteiger partial charge in [-0.1, -0.05) is 167 Å². The van der Waals surface area contributed by atoms with Gasteiger partial charge in [0.05, 0.1) is 0 Å². The van der Waals surface area contributed by atoms with Crippen LogP contribution in [0.25, 0.3) is 0 Å². The molecule has 0 aliphatic heterocycles. The van der Waals surface area contributed by atoms with Gasteiger partial charge in [0.15, 0.2) is 0 Å². The zero-order valence-corrected chi connectivity index (χ0v) is 21.0. The Morgan fingerprint density at radius 3 is 0.700 bits per heavy atom. The Labute approximate surface area is 193 Å². The molecule has 2 radical (unpaired) electrons. The Morgan fingerprint density at radius 1 is 0.267 bits per heavy atom. The molecule has 0 aromatic heterocycles. The van der Waals surface area contributed by atoms with E-state index in [-0.39, 0.29) is 0 Å². The molecule has 0 aromatic carbocycles. The van der Waals surface area contributed by atoms with Crippen molar-refractivity contribution in [1.29, 1.82) is 0 Å². The van der Waals surface area contributed by atoms with Crippen LogP contribution in [0, 0.1) is 13.8 Å². The molecule has 0 heteroatoms. The molecule has 0 aliphatic rings. The van der Waals surface area contributed by atoms with E-state index in [0.29, 0.717) is 0 Å². The summed E-state index contributed by atoms with van der Waals surface area (Å²) in [6.07, 6.45) is 41.2. The molecule has 0 atom stereocenters. The summed E-state index contributed by atoms with van der Waals surface area (Å²) in [6, 6.07) is 0. The van der Waals surface area contributed by atoms with Gasteiger partial charge in [-0.2, -0.15) is 0 Å². The van der Waals surface area contributed by atoms with Crippen LogP contribution in [0.4, 0.5) is 0 Å². The van der Waals surface area contributed by atoms with Gasteiger partial charge in [-0.15, -0.1) is 0 Å². The molecule has 0 spiro atoms. The van der Waals surface area contributed by atoms with Crippen molar-refractivity contribution in [3.63, 3.8) is 0 Å². The zero-order chi connectivity index (χ0) is 21.8. The Hall–Kier alpha value is -0.260. The van der Waals surface area contributed by atoms with Crippen molar-refractivity contribution in [1.82, 2.24) is 0 Å². The van der Waals surface area contributed by atoms with E-state index >= 15 is 0 Å². The first kappa shape index (κ1) is 29.7. The largest absolute Gasteiger partial charge is 0.0885 e. The zero-order valence-electron chi connectivity index (χ0n) is 21.0. The molecule has 0 saturated carbocycles. The van der Waals surface area contributed by atoms with Crippen molar-refractivity contribution in [3.8, 4) is 0 Å². The molecule has 30 heavy (non-hydrogen) atoms. The van der Waals surface area contributed by atoms with Gasteiger partial charge in [0, 0.05) is 0 Å². The fourth-order valence-corrected chi connectivity index (χ4v) is 4.30. The second kappa shape index (κ2) is 28.7. The summed E-state index contributed by atoms with van der Waals surface area (Å²) in [4.78, 5) is 0. The van der Waals surface area contributed by atoms with E-state index in [2.05, 4.69) is 26.0 Å². The summed E-state index contributed by atoms with van der Waals surface area (Å²) in [5.41, 5.74) is 0. The molecule has 0 aliphatic carbocycles. The van der Waals surface area contributed by atoms with E-state index in [9.17, 15) is 0 Å². The Kier molecular flexibility index (Phi) is 28.5. The third-order valence-corrected chi connectivity index (χ3v) is 6.41. The maximum Gasteiger partial charge on any atom is -0.0351 e. The molecular formula is C30H58. The maximum absolute atomic E-state index is 3.91. The number of allylic oxidation sites excluding steroid dienone is 2. The van der Waals surface area contributed by atoms with Gasteiger partial charge in [0.25, 0.3) is 0 Å². The predicted molar refractivity (Wildman–Crippen MR) is 140 cm³/mol. The van der Waals surface area contributed by atoms with Gasteiger partial charge < -0.3 is 0 Å². The van der Waals surface area contributed by atoms with Crippen molar-refractivity contribution < 1.29 is 0 Å². The minimum absolute atomic E-state index is 1.12. The van der Waals surface area contributed by atoms with E-state index in [4.69, 9.17) is 0 Å². The summed E-state index contributed by atoms with van der Waals surface area (Å²) in [5, 5.41) is 0. The molecule has 0 nitrogen and oxygen atoms in total. The first-order valence-electron chi connectivity index (χ1n) is 14.1. The molecule has 0 heterocycles. The highest BCUT2D eigenvalue weighted by Gasteiger charge is 1.94. The van der Waals surface area contributed by atoms with Crippen LogP contribution in [0.15, 0.2) is 12.2 Å². The fraction of sp³-hybridized carbons (Fsp3) is 0.867. The van der Waals surface area contributed by atoms with Crippen LogP contribution < -0.4 is 0 Å². The summed E-state index contributed by atoms with van der Waals surface area (Å²) < 4.78 is 0. The standard InChI is InChI=1S/C30H58/c1-3-5-7-9-11-13-15-17-19-21-23-25-27-29-30-28-26-24-22-20-18-16-14-12-10-8-6-4-2/h27,29H,1-26,28,30H2/b29-27+. The first-order chi connectivity index (χ1) is 14.9. The highest BCUT2D eigenvalue weighted by molar-refractivity contribution is 4.81. The molecule has 0 saturated heterocycles. The monoisotopic (exact) mass is 418 g/mol. The van der Waals surface area contributed by atoms with Gasteiger partial charge in [-0.3, -0.25) is 0 Å². The van der Waals surface area contributed by atoms with E-state index in [1.807, 2.05) is 0 Å². The lowest BCUT2D eigenvalue weighted by Crippen LogP contribution is -1.83. The second-order valence-corrected chi connectivity index (χ2v) is 9.53. The number of hydrogen-bond donors (Lipinski definition) is 0. The van der Waals surface area contributed by atoms with Gasteiger partial charge >= 0.3 is 0 Å². The Bertz CT molecular complexity index is 303. The van der Waals surface area contributed by atoms with E-state index < -0.39 is 0 Å². The second-order valence-electron chi connectivity index (χ2n) is 9.53. The van der Waals surface area contributed by atoms with E-state index in [1.54, 1.807) is 0 Å². The van der Waals surface area contributed by atoms with Crippen LogP contribution in [0.2, 0.25) is 0 Å². The SMILES string of the molecule is [CH2]CCCCCCCCCCCC/C=C/CCCCCCCCCCCCCC[CH2]. The lowest BCUT2D eigenvalue weighted by molar-refractivity contribution is 0.542. The predicted octanol–water partition coefficient (Wildman–Crippen LogP) is 11.4. The van der Waals surface area contributed by atoms with Crippen LogP contribution in [-0.2, 0) is 0 Å². The smallest absolute Gasteiger partial charge is 0.0351 e. The van der Waals surface area contributed by atoms with Crippen molar-refractivity contribution in [2.75, 3.05) is 0 Å². The van der Waals surface area contributed by atoms with Crippen molar-refractivity contribution in [2.24, 2.45) is 0 Å². The third kappa shape index (κ3) is 27.7. The molecule has 0 fully saturated rings. The van der Waals surface area contributed by atoms with E-state index in [1.165, 1.54) is 154 Å². The fourth-order valence-electron chi connectivity index (χ4n) is 4.30. The van der Waals surface area contributed by atoms with Gasteiger partial charge in [0.1, 0.15) is 0 Å². The van der Waals surface area contributed by atoms with Gasteiger partial charge in [-0.25, -0.2) is 0 Å². The number of hydrogen-bond acceptors (Lipinski definition) is 0. The Morgan fingerprint density at radius 2 is 0.467 bits per heavy atom. The first-order valence-corrected chi connectivity index (χ1v) is 14.1. The van der Waals surface area contributed by atoms with Crippen molar-refractivity contribution in [3.05, 3.63) is 26.0 Å². The minimum Gasteiger partial charge on any atom is -0.0885 e. The molecule has 0 amide bonds. The number of rotatable bonds is 26. The Balaban J connectivity index is 3.06. The maximum atomic E-state index is 3.91. The lowest BCUT2D eigenvalue weighted by atomic mass is 10.0. The molecule has 178 valence electrons. The van der Waals surface area contributed by atoms with Crippen molar-refractivity contribution >= 4 is 0 Å². The highest BCUT2D eigenvalue weighted by Crippen LogP contribution is 2.14. The molecule has 0 bridgehead atoms. The van der Waals surface area contributed by atoms with Crippen LogP contribution in [0.1, 0.15) is 167 Å². The van der Waals surface area contributed by atoms with Crippen molar-refractivity contribution in [2.45, 2.75) is 167 Å². The molecule has 0 N–H and O–H groups in total. The summed E-state index contributed by atoms with van der Waals surface area (Å²) in [5.74, 6) is 0. The van der Waals surface area contributed by atoms with Gasteiger partial charge in [0.2, 0.25) is 0 Å². The number of unbranched alkanes of at least 4 members (excludes halogenated alkanes) is 24. The normalized spacial score (nSPS) is 11.7. The lowest BCUT2D eigenvalue weighted by Gasteiger charge is -2.02. The molecular weight excluding hydrogens is 360 g/mol. The van der Waals surface area contributed by atoms with Crippen LogP contribution in [0.3, 0.4) is 0 Å². The molecule has 0 unspecified atom stereocenters. The molecule has 0 aromatic rings. The van der Waals surface area contributed by atoms with E-state index in [0.717, 1.165) is 12.8 Å². The average molecular weight is 419 g/mol. The minimum atomic E-state index is 1.12. The topological polar surface area (TPSA) is 0 Å². The summed E-state index contributed by atoms with van der Waals surface area (Å²) in [6.45, 7) is 7.82. The van der Waals surface area contributed by atoms with Crippen LogP contribution in [0.5, 0.6) is 0 Å². The molecule has 0 rings (SSSR count). The highest BCUT2D eigenvalue weighted by atomic mass is 14.0. The third-order valence-electron chi connectivity index (χ3n) is 6.41.